The molecule has 0 aromatic heterocycles. The molecule has 4 N–H and O–H groups in total. The van der Waals surface area contributed by atoms with Gasteiger partial charge in [-0.1, -0.05) is 6.07 Å². The molecule has 2 aliphatic carbocycles. The van der Waals surface area contributed by atoms with Crippen LogP contribution in [0.4, 0.5) is 0 Å². The summed E-state index contributed by atoms with van der Waals surface area (Å²) in [6.45, 7) is 0.640. The maximum Gasteiger partial charge on any atom is 0.177 e. The summed E-state index contributed by atoms with van der Waals surface area (Å²) in [5, 5.41) is 35.4. The Hall–Kier alpha value is -1.63. The van der Waals surface area contributed by atoms with Crippen molar-refractivity contribution in [2.45, 2.75) is 48.5 Å². The summed E-state index contributed by atoms with van der Waals surface area (Å²) < 4.78 is 5.84. The fourth-order valence-electron chi connectivity index (χ4n) is 5.29. The fraction of sp³-hybridized carbons (Fsp3) is 0.562. The molecule has 1 saturated carbocycles. The van der Waals surface area contributed by atoms with Crippen molar-refractivity contribution in [1.29, 1.82) is 0 Å². The summed E-state index contributed by atoms with van der Waals surface area (Å²) in [7, 11) is 0. The molecule has 2 fully saturated rings. The third kappa shape index (κ3) is 1.09. The standard InChI is InChI=1S/C16H17NO5/c18-8-2-1-7-5-10-16(21)11(20)6-9(19)14-15(16,3-4-17-10)12(7)13(8)22-14/h1-2,10-11,14,17-18,20-21H,3-6H2/t10-,11+,14+,15+,16+/m1/s1. The number of hydrogen-bond acceptors (Lipinski definition) is 6. The number of Topliss-reactive ketones (excluding diaryl/α,β-unsaturated/α-hetero) is 1. The van der Waals surface area contributed by atoms with Gasteiger partial charge in [-0.15, -0.1) is 0 Å². The number of carbonyl (C=O) groups is 1. The molecule has 0 amide bonds. The van der Waals surface area contributed by atoms with Crippen LogP contribution in [-0.4, -0.2) is 51.5 Å². The molecule has 6 heteroatoms. The maximum atomic E-state index is 12.5. The number of aliphatic hydroxyl groups is 2. The summed E-state index contributed by atoms with van der Waals surface area (Å²) in [4.78, 5) is 12.5. The molecule has 2 heterocycles. The van der Waals surface area contributed by atoms with E-state index < -0.39 is 23.2 Å². The highest BCUT2D eigenvalue weighted by Crippen LogP contribution is 2.63. The Bertz CT molecular complexity index is 719. The highest BCUT2D eigenvalue weighted by atomic mass is 16.5. The monoisotopic (exact) mass is 303 g/mol. The van der Waals surface area contributed by atoms with Crippen molar-refractivity contribution in [3.8, 4) is 11.5 Å². The molecule has 0 radical (unpaired) electrons. The summed E-state index contributed by atoms with van der Waals surface area (Å²) >= 11 is 0. The molecule has 2 aliphatic heterocycles. The van der Waals surface area contributed by atoms with E-state index in [0.29, 0.717) is 25.1 Å². The van der Waals surface area contributed by atoms with Crippen molar-refractivity contribution in [3.63, 3.8) is 0 Å². The van der Waals surface area contributed by atoms with Gasteiger partial charge in [-0.3, -0.25) is 4.79 Å². The first-order valence-electron chi connectivity index (χ1n) is 7.68. The number of ether oxygens (including phenoxy) is 1. The van der Waals surface area contributed by atoms with Crippen molar-refractivity contribution in [2.75, 3.05) is 6.54 Å². The lowest BCUT2D eigenvalue weighted by molar-refractivity contribution is -0.206. The molecule has 5 atom stereocenters. The van der Waals surface area contributed by atoms with Gasteiger partial charge in [0.2, 0.25) is 0 Å². The smallest absolute Gasteiger partial charge is 0.177 e. The first kappa shape index (κ1) is 12.9. The van der Waals surface area contributed by atoms with Crippen LogP contribution in [0.25, 0.3) is 0 Å². The van der Waals surface area contributed by atoms with E-state index in [1.807, 2.05) is 6.07 Å². The summed E-state index contributed by atoms with van der Waals surface area (Å²) in [6, 6.07) is 3.08. The van der Waals surface area contributed by atoms with Crippen LogP contribution in [0.15, 0.2) is 12.1 Å². The third-order valence-corrected chi connectivity index (χ3v) is 6.13. The number of ketones is 1. The number of aromatic hydroxyl groups is 1. The molecule has 6 nitrogen and oxygen atoms in total. The second-order valence-electron chi connectivity index (χ2n) is 6.89. The van der Waals surface area contributed by atoms with Crippen LogP contribution < -0.4 is 10.1 Å². The summed E-state index contributed by atoms with van der Waals surface area (Å²) in [6.07, 6.45) is -1.03. The predicted molar refractivity (Wildman–Crippen MR) is 74.9 cm³/mol. The van der Waals surface area contributed by atoms with Crippen molar-refractivity contribution in [3.05, 3.63) is 23.3 Å². The van der Waals surface area contributed by atoms with E-state index in [-0.39, 0.29) is 24.0 Å². The zero-order valence-electron chi connectivity index (χ0n) is 11.9. The molecule has 5 rings (SSSR count). The third-order valence-electron chi connectivity index (χ3n) is 6.13. The SMILES string of the molecule is O=C1C[C@H](O)[C@@]2(O)[C@H]3Cc4ccc(O)c5c4[C@@]2(CCN3)[C@H]1O5. The number of hydrogen-bond donors (Lipinski definition) is 4. The average Bonchev–Trinajstić information content (AvgIpc) is 2.81. The molecule has 0 unspecified atom stereocenters. The molecule has 1 saturated heterocycles. The van der Waals surface area contributed by atoms with E-state index in [1.165, 1.54) is 0 Å². The molecule has 1 aromatic carbocycles. The van der Waals surface area contributed by atoms with Gasteiger partial charge in [0.05, 0.1) is 11.5 Å². The molecular formula is C16H17NO5. The van der Waals surface area contributed by atoms with Crippen molar-refractivity contribution in [1.82, 2.24) is 5.32 Å². The summed E-state index contributed by atoms with van der Waals surface area (Å²) in [5.74, 6) is 0.0918. The minimum absolute atomic E-state index is 0.0100. The molecular weight excluding hydrogens is 286 g/mol. The Morgan fingerprint density at radius 1 is 1.32 bits per heavy atom. The highest BCUT2D eigenvalue weighted by Gasteiger charge is 2.74. The number of phenols is 1. The van der Waals surface area contributed by atoms with Crippen LogP contribution >= 0.6 is 0 Å². The van der Waals surface area contributed by atoms with Gasteiger partial charge in [-0.25, -0.2) is 0 Å². The first-order valence-corrected chi connectivity index (χ1v) is 7.68. The van der Waals surface area contributed by atoms with Gasteiger partial charge in [0, 0.05) is 18.0 Å². The van der Waals surface area contributed by atoms with Gasteiger partial charge < -0.3 is 25.4 Å². The van der Waals surface area contributed by atoms with Crippen LogP contribution in [0.5, 0.6) is 11.5 Å². The summed E-state index contributed by atoms with van der Waals surface area (Å²) in [5.41, 5.74) is -0.709. The minimum atomic E-state index is -1.45. The minimum Gasteiger partial charge on any atom is -0.504 e. The molecule has 116 valence electrons. The molecule has 2 bridgehead atoms. The number of rotatable bonds is 0. The average molecular weight is 303 g/mol. The van der Waals surface area contributed by atoms with E-state index in [0.717, 1.165) is 11.1 Å². The van der Waals surface area contributed by atoms with Gasteiger partial charge >= 0.3 is 0 Å². The number of carbonyl (C=O) groups excluding carboxylic acids is 1. The Morgan fingerprint density at radius 2 is 2.14 bits per heavy atom. The number of aliphatic hydroxyl groups excluding tert-OH is 1. The van der Waals surface area contributed by atoms with Crippen LogP contribution in [-0.2, 0) is 16.6 Å². The normalized spacial score (nSPS) is 44.5. The number of nitrogens with one attached hydrogen (secondary N) is 1. The predicted octanol–water partition coefficient (Wildman–Crippen LogP) is -0.626. The van der Waals surface area contributed by atoms with Crippen LogP contribution in [0.3, 0.4) is 0 Å². The highest BCUT2D eigenvalue weighted by molar-refractivity contribution is 5.90. The van der Waals surface area contributed by atoms with E-state index >= 15 is 0 Å². The molecule has 22 heavy (non-hydrogen) atoms. The van der Waals surface area contributed by atoms with Gasteiger partial charge in [-0.2, -0.15) is 0 Å². The Balaban J connectivity index is 1.90. The maximum absolute atomic E-state index is 12.5. The molecule has 4 aliphatic rings. The van der Waals surface area contributed by atoms with Crippen LogP contribution in [0.1, 0.15) is 24.0 Å². The molecule has 1 aromatic rings. The second kappa shape index (κ2) is 3.64. The zero-order chi connectivity index (χ0) is 15.3. The lowest BCUT2D eigenvalue weighted by atomic mass is 9.48. The number of piperidine rings is 1. The van der Waals surface area contributed by atoms with Crippen molar-refractivity contribution < 1.29 is 24.9 Å². The topological polar surface area (TPSA) is 99.0 Å². The van der Waals surface area contributed by atoms with Crippen LogP contribution in [0.2, 0.25) is 0 Å². The van der Waals surface area contributed by atoms with Gasteiger partial charge in [0.1, 0.15) is 5.60 Å². The van der Waals surface area contributed by atoms with Gasteiger partial charge in [-0.05, 0) is 31.0 Å². The second-order valence-corrected chi connectivity index (χ2v) is 6.89. The van der Waals surface area contributed by atoms with E-state index in [1.54, 1.807) is 6.07 Å². The number of phenolic OH excluding ortho intramolecular Hbond substituents is 1. The van der Waals surface area contributed by atoms with E-state index in [4.69, 9.17) is 4.74 Å². The van der Waals surface area contributed by atoms with Crippen LogP contribution in [0, 0.1) is 0 Å². The Labute approximate surface area is 126 Å². The first-order chi connectivity index (χ1) is 10.5. The lowest BCUT2D eigenvalue weighted by Gasteiger charge is -2.61. The van der Waals surface area contributed by atoms with Crippen molar-refractivity contribution in [2.24, 2.45) is 0 Å². The fourth-order valence-corrected chi connectivity index (χ4v) is 5.29. The molecule has 1 spiro atoms. The Kier molecular flexibility index (Phi) is 2.13. The van der Waals surface area contributed by atoms with Gasteiger partial charge in [0.25, 0.3) is 0 Å². The zero-order valence-corrected chi connectivity index (χ0v) is 11.9. The quantitative estimate of drug-likeness (QED) is 0.509. The van der Waals surface area contributed by atoms with E-state index in [9.17, 15) is 20.1 Å². The number of benzene rings is 1. The van der Waals surface area contributed by atoms with Crippen molar-refractivity contribution >= 4 is 5.78 Å². The lowest BCUT2D eigenvalue weighted by Crippen LogP contribution is -2.80. The van der Waals surface area contributed by atoms with Gasteiger partial charge in [0.15, 0.2) is 23.4 Å². The van der Waals surface area contributed by atoms with E-state index in [2.05, 4.69) is 5.32 Å². The largest absolute Gasteiger partial charge is 0.504 e. The Morgan fingerprint density at radius 3 is 2.95 bits per heavy atom.